The summed E-state index contributed by atoms with van der Waals surface area (Å²) < 4.78 is 8.31. The standard InChI is InChI=1S/C20H29N5O/c1-15(2)26-18-6-4-3-5-17(18)14-24-10-7-16(8-11-24)20-23-22-19-13-21-9-12-25(19)20/h3-6,15-16,21H,7-14H2,1-2H3. The van der Waals surface area contributed by atoms with Crippen molar-refractivity contribution in [3.05, 3.63) is 41.5 Å². The fourth-order valence-corrected chi connectivity index (χ4v) is 4.01. The van der Waals surface area contributed by atoms with E-state index in [1.54, 1.807) is 0 Å². The normalized spacial score (nSPS) is 18.9. The summed E-state index contributed by atoms with van der Waals surface area (Å²) in [6.45, 7) is 10.2. The van der Waals surface area contributed by atoms with E-state index in [9.17, 15) is 0 Å². The summed E-state index contributed by atoms with van der Waals surface area (Å²) in [6, 6.07) is 8.42. The van der Waals surface area contributed by atoms with Crippen LogP contribution in [0.25, 0.3) is 0 Å². The molecule has 0 saturated carbocycles. The summed E-state index contributed by atoms with van der Waals surface area (Å²) in [5, 5.41) is 12.3. The molecule has 2 aliphatic heterocycles. The lowest BCUT2D eigenvalue weighted by molar-refractivity contribution is 0.191. The summed E-state index contributed by atoms with van der Waals surface area (Å²) in [5.74, 6) is 3.84. The van der Waals surface area contributed by atoms with Crippen molar-refractivity contribution in [2.75, 3.05) is 19.6 Å². The first-order valence-electron chi connectivity index (χ1n) is 9.80. The molecule has 0 bridgehead atoms. The molecule has 26 heavy (non-hydrogen) atoms. The Morgan fingerprint density at radius 1 is 1.15 bits per heavy atom. The number of fused-ring (bicyclic) bond motifs is 1. The number of nitrogens with zero attached hydrogens (tertiary/aromatic N) is 4. The molecule has 6 nitrogen and oxygen atoms in total. The average Bonchev–Trinajstić information content (AvgIpc) is 3.08. The number of hydrogen-bond acceptors (Lipinski definition) is 5. The molecule has 0 amide bonds. The van der Waals surface area contributed by atoms with Gasteiger partial charge in [0, 0.05) is 31.1 Å². The third-order valence-corrected chi connectivity index (χ3v) is 5.33. The summed E-state index contributed by atoms with van der Waals surface area (Å²) in [4.78, 5) is 2.54. The zero-order chi connectivity index (χ0) is 17.9. The van der Waals surface area contributed by atoms with E-state index in [1.807, 2.05) is 0 Å². The van der Waals surface area contributed by atoms with Gasteiger partial charge in [-0.1, -0.05) is 18.2 Å². The molecule has 1 N–H and O–H groups in total. The van der Waals surface area contributed by atoms with Gasteiger partial charge in [-0.05, 0) is 45.8 Å². The molecule has 1 fully saturated rings. The lowest BCUT2D eigenvalue weighted by atomic mass is 9.95. The number of benzene rings is 1. The number of rotatable bonds is 5. The van der Waals surface area contributed by atoms with E-state index in [0.29, 0.717) is 5.92 Å². The first kappa shape index (κ1) is 17.5. The summed E-state index contributed by atoms with van der Waals surface area (Å²) >= 11 is 0. The van der Waals surface area contributed by atoms with Crippen molar-refractivity contribution in [3.63, 3.8) is 0 Å². The smallest absolute Gasteiger partial charge is 0.147 e. The third kappa shape index (κ3) is 3.76. The van der Waals surface area contributed by atoms with E-state index in [1.165, 1.54) is 11.4 Å². The van der Waals surface area contributed by atoms with Crippen LogP contribution in [0.2, 0.25) is 0 Å². The Balaban J connectivity index is 1.38. The van der Waals surface area contributed by atoms with Crippen molar-refractivity contribution in [1.29, 1.82) is 0 Å². The topological polar surface area (TPSA) is 55.2 Å². The number of ether oxygens (including phenoxy) is 1. The Hall–Kier alpha value is -1.92. The van der Waals surface area contributed by atoms with Gasteiger partial charge in [-0.3, -0.25) is 4.90 Å². The third-order valence-electron chi connectivity index (χ3n) is 5.33. The van der Waals surface area contributed by atoms with Crippen LogP contribution in [0.1, 0.15) is 49.8 Å². The highest BCUT2D eigenvalue weighted by Crippen LogP contribution is 2.30. The largest absolute Gasteiger partial charge is 0.491 e. The van der Waals surface area contributed by atoms with Crippen LogP contribution in [0.4, 0.5) is 0 Å². The molecule has 0 atom stereocenters. The van der Waals surface area contributed by atoms with Crippen molar-refractivity contribution < 1.29 is 4.74 Å². The molecule has 1 aromatic carbocycles. The molecular formula is C20H29N5O. The Morgan fingerprint density at radius 3 is 2.77 bits per heavy atom. The molecule has 0 radical (unpaired) electrons. The quantitative estimate of drug-likeness (QED) is 0.893. The Labute approximate surface area is 155 Å². The van der Waals surface area contributed by atoms with Gasteiger partial charge in [0.15, 0.2) is 0 Å². The molecule has 140 valence electrons. The number of piperidine rings is 1. The summed E-state index contributed by atoms with van der Waals surface area (Å²) in [5.41, 5.74) is 1.28. The van der Waals surface area contributed by atoms with E-state index < -0.39 is 0 Å². The van der Waals surface area contributed by atoms with Crippen molar-refractivity contribution in [3.8, 4) is 5.75 Å². The number of nitrogens with one attached hydrogen (secondary N) is 1. The molecule has 0 spiro atoms. The molecule has 0 unspecified atom stereocenters. The van der Waals surface area contributed by atoms with Crippen LogP contribution in [-0.2, 0) is 19.6 Å². The van der Waals surface area contributed by atoms with Crippen LogP contribution in [0.15, 0.2) is 24.3 Å². The maximum Gasteiger partial charge on any atom is 0.147 e. The maximum absolute atomic E-state index is 5.97. The lowest BCUT2D eigenvalue weighted by Gasteiger charge is -2.32. The summed E-state index contributed by atoms with van der Waals surface area (Å²) in [6.07, 6.45) is 2.51. The van der Waals surface area contributed by atoms with Crippen LogP contribution < -0.4 is 10.1 Å². The van der Waals surface area contributed by atoms with Crippen LogP contribution in [0.5, 0.6) is 5.75 Å². The fraction of sp³-hybridized carbons (Fsp3) is 0.600. The van der Waals surface area contributed by atoms with Crippen LogP contribution in [0.3, 0.4) is 0 Å². The first-order chi connectivity index (χ1) is 12.7. The van der Waals surface area contributed by atoms with E-state index in [-0.39, 0.29) is 6.10 Å². The van der Waals surface area contributed by atoms with Crippen molar-refractivity contribution >= 4 is 0 Å². The van der Waals surface area contributed by atoms with Gasteiger partial charge in [-0.2, -0.15) is 0 Å². The maximum atomic E-state index is 5.97. The lowest BCUT2D eigenvalue weighted by Crippen LogP contribution is -2.34. The molecule has 0 aliphatic carbocycles. The second kappa shape index (κ2) is 7.76. The molecular weight excluding hydrogens is 326 g/mol. The highest BCUT2D eigenvalue weighted by molar-refractivity contribution is 5.33. The second-order valence-electron chi connectivity index (χ2n) is 7.63. The summed E-state index contributed by atoms with van der Waals surface area (Å²) in [7, 11) is 0. The molecule has 4 rings (SSSR count). The van der Waals surface area contributed by atoms with Gasteiger partial charge in [-0.25, -0.2) is 0 Å². The van der Waals surface area contributed by atoms with Gasteiger partial charge in [0.25, 0.3) is 0 Å². The molecule has 2 aromatic rings. The number of aromatic nitrogens is 3. The van der Waals surface area contributed by atoms with Gasteiger partial charge in [0.05, 0.1) is 12.6 Å². The molecule has 1 aromatic heterocycles. The van der Waals surface area contributed by atoms with E-state index in [4.69, 9.17) is 4.74 Å². The van der Waals surface area contributed by atoms with E-state index >= 15 is 0 Å². The fourth-order valence-electron chi connectivity index (χ4n) is 4.01. The van der Waals surface area contributed by atoms with E-state index in [0.717, 1.165) is 63.7 Å². The zero-order valence-corrected chi connectivity index (χ0v) is 15.8. The van der Waals surface area contributed by atoms with Crippen molar-refractivity contribution in [2.24, 2.45) is 0 Å². The van der Waals surface area contributed by atoms with Crippen LogP contribution in [0, 0.1) is 0 Å². The van der Waals surface area contributed by atoms with Gasteiger partial charge in [-0.15, -0.1) is 10.2 Å². The minimum absolute atomic E-state index is 0.204. The Bertz CT molecular complexity index is 734. The minimum atomic E-state index is 0.204. The van der Waals surface area contributed by atoms with Crippen LogP contribution in [-0.4, -0.2) is 45.4 Å². The number of hydrogen-bond donors (Lipinski definition) is 1. The monoisotopic (exact) mass is 355 g/mol. The molecule has 3 heterocycles. The Kier molecular flexibility index (Phi) is 5.22. The van der Waals surface area contributed by atoms with Gasteiger partial charge in [0.1, 0.15) is 17.4 Å². The number of likely N-dealkylation sites (tertiary alicyclic amines) is 1. The Morgan fingerprint density at radius 2 is 1.96 bits per heavy atom. The zero-order valence-electron chi connectivity index (χ0n) is 15.8. The predicted octanol–water partition coefficient (Wildman–Crippen LogP) is 2.55. The minimum Gasteiger partial charge on any atom is -0.491 e. The van der Waals surface area contributed by atoms with Gasteiger partial charge in [0.2, 0.25) is 0 Å². The van der Waals surface area contributed by atoms with Gasteiger partial charge >= 0.3 is 0 Å². The SMILES string of the molecule is CC(C)Oc1ccccc1CN1CCC(c2nnc3n2CCNC3)CC1. The van der Waals surface area contributed by atoms with Crippen LogP contribution >= 0.6 is 0 Å². The number of para-hydroxylation sites is 1. The van der Waals surface area contributed by atoms with Gasteiger partial charge < -0.3 is 14.6 Å². The highest BCUT2D eigenvalue weighted by atomic mass is 16.5. The first-order valence-corrected chi connectivity index (χ1v) is 9.80. The van der Waals surface area contributed by atoms with Crippen molar-refractivity contribution in [1.82, 2.24) is 25.0 Å². The average molecular weight is 355 g/mol. The predicted molar refractivity (Wildman–Crippen MR) is 101 cm³/mol. The molecule has 1 saturated heterocycles. The molecule has 6 heteroatoms. The van der Waals surface area contributed by atoms with E-state index in [2.05, 4.69) is 63.1 Å². The highest BCUT2D eigenvalue weighted by Gasteiger charge is 2.27. The second-order valence-corrected chi connectivity index (χ2v) is 7.63. The van der Waals surface area contributed by atoms with Crippen molar-refractivity contribution in [2.45, 2.75) is 58.3 Å². The molecule has 2 aliphatic rings.